The summed E-state index contributed by atoms with van der Waals surface area (Å²) in [5, 5.41) is 3.01. The van der Waals surface area contributed by atoms with Crippen molar-refractivity contribution < 1.29 is 23.5 Å². The highest BCUT2D eigenvalue weighted by atomic mass is 32.1. The molecule has 5 rings (SSSR count). The SMILES string of the molecule is CCOC(=O)C(Cc1ccc(OCCc2nc(-c3ccccc3)oc2C)c2ccsc12)N(C)/C=C\C(=O)c1ccccc1. The number of allylic oxidation sites excluding steroid dienone is 1. The zero-order valence-corrected chi connectivity index (χ0v) is 25.3. The summed E-state index contributed by atoms with van der Waals surface area (Å²) in [6.07, 6.45) is 4.16. The average molecular weight is 595 g/mol. The molecule has 0 aliphatic heterocycles. The van der Waals surface area contributed by atoms with E-state index >= 15 is 0 Å². The molecule has 1 atom stereocenters. The van der Waals surface area contributed by atoms with E-state index in [1.807, 2.05) is 79.0 Å². The van der Waals surface area contributed by atoms with Gasteiger partial charge in [-0.1, -0.05) is 54.6 Å². The van der Waals surface area contributed by atoms with Crippen LogP contribution in [-0.4, -0.2) is 47.9 Å². The number of rotatable bonds is 13. The number of nitrogens with zero attached hydrogens (tertiary/aromatic N) is 2. The van der Waals surface area contributed by atoms with E-state index in [1.54, 1.807) is 48.5 Å². The standard InChI is InChI=1S/C35H34N2O5S/c1-4-40-35(39)30(37(3)20-17-31(38)25-11-7-5-8-12-25)23-27-15-16-32(28-19-22-43-33(27)28)41-21-18-29-24(2)42-34(36-29)26-13-9-6-10-14-26/h5-17,19-20,22,30H,4,18,21,23H2,1-3H3/b20-17-. The number of likely N-dealkylation sites (N-methyl/N-ethyl adjacent to an activating group) is 1. The van der Waals surface area contributed by atoms with Gasteiger partial charge in [0.2, 0.25) is 5.89 Å². The number of aryl methyl sites for hydroxylation is 1. The fraction of sp³-hybridized carbons (Fsp3) is 0.229. The van der Waals surface area contributed by atoms with Crippen LogP contribution in [0.5, 0.6) is 5.75 Å². The third-order valence-corrected chi connectivity index (χ3v) is 8.14. The van der Waals surface area contributed by atoms with Crippen molar-refractivity contribution in [1.82, 2.24) is 9.88 Å². The number of oxazole rings is 1. The second kappa shape index (κ2) is 14.0. The highest BCUT2D eigenvalue weighted by molar-refractivity contribution is 7.17. The van der Waals surface area contributed by atoms with E-state index in [0.29, 0.717) is 30.9 Å². The molecule has 0 aliphatic rings. The molecule has 2 heterocycles. The Morgan fingerprint density at radius 1 is 1.02 bits per heavy atom. The van der Waals surface area contributed by atoms with Crippen LogP contribution >= 0.6 is 11.3 Å². The number of carbonyl (C=O) groups excluding carboxylic acids is 2. The van der Waals surface area contributed by atoms with Crippen LogP contribution < -0.4 is 4.74 Å². The van der Waals surface area contributed by atoms with Gasteiger partial charge in [0.1, 0.15) is 17.6 Å². The van der Waals surface area contributed by atoms with E-state index < -0.39 is 6.04 Å². The normalized spacial score (nSPS) is 12.0. The van der Waals surface area contributed by atoms with Crippen molar-refractivity contribution in [2.24, 2.45) is 0 Å². The van der Waals surface area contributed by atoms with Crippen molar-refractivity contribution in [1.29, 1.82) is 0 Å². The predicted octanol–water partition coefficient (Wildman–Crippen LogP) is 7.29. The number of ketones is 1. The maximum Gasteiger partial charge on any atom is 0.329 e. The number of hydrogen-bond donors (Lipinski definition) is 0. The van der Waals surface area contributed by atoms with E-state index in [2.05, 4.69) is 4.98 Å². The van der Waals surface area contributed by atoms with Gasteiger partial charge in [0, 0.05) is 53.4 Å². The van der Waals surface area contributed by atoms with Crippen molar-refractivity contribution in [3.8, 4) is 17.2 Å². The summed E-state index contributed by atoms with van der Waals surface area (Å²) in [4.78, 5) is 32.1. The van der Waals surface area contributed by atoms with Crippen LogP contribution in [0.25, 0.3) is 21.5 Å². The summed E-state index contributed by atoms with van der Waals surface area (Å²) in [5.41, 5.74) is 3.41. The molecule has 3 aromatic carbocycles. The van der Waals surface area contributed by atoms with Gasteiger partial charge in [-0.15, -0.1) is 11.3 Å². The van der Waals surface area contributed by atoms with Crippen LogP contribution in [0.3, 0.4) is 0 Å². The summed E-state index contributed by atoms with van der Waals surface area (Å²) in [6.45, 7) is 4.43. The van der Waals surface area contributed by atoms with Crippen molar-refractivity contribution in [3.63, 3.8) is 0 Å². The molecule has 0 spiro atoms. The van der Waals surface area contributed by atoms with Crippen LogP contribution in [0, 0.1) is 6.92 Å². The predicted molar refractivity (Wildman–Crippen MR) is 170 cm³/mol. The van der Waals surface area contributed by atoms with E-state index in [4.69, 9.17) is 13.9 Å². The topological polar surface area (TPSA) is 81.9 Å². The molecule has 43 heavy (non-hydrogen) atoms. The Balaban J connectivity index is 1.28. The first-order valence-electron chi connectivity index (χ1n) is 14.2. The Morgan fingerprint density at radius 3 is 2.51 bits per heavy atom. The van der Waals surface area contributed by atoms with Gasteiger partial charge in [-0.05, 0) is 49.1 Å². The number of carbonyl (C=O) groups is 2. The molecule has 5 aromatic rings. The first kappa shape index (κ1) is 29.8. The van der Waals surface area contributed by atoms with Gasteiger partial charge < -0.3 is 18.8 Å². The summed E-state index contributed by atoms with van der Waals surface area (Å²) in [7, 11) is 1.79. The summed E-state index contributed by atoms with van der Waals surface area (Å²) in [5.74, 6) is 1.70. The van der Waals surface area contributed by atoms with E-state index in [-0.39, 0.29) is 18.4 Å². The van der Waals surface area contributed by atoms with Crippen LogP contribution in [0.4, 0.5) is 0 Å². The van der Waals surface area contributed by atoms with Gasteiger partial charge in [0.05, 0.1) is 18.9 Å². The minimum Gasteiger partial charge on any atom is -0.493 e. The van der Waals surface area contributed by atoms with E-state index in [0.717, 1.165) is 38.4 Å². The van der Waals surface area contributed by atoms with Crippen LogP contribution in [0.2, 0.25) is 0 Å². The van der Waals surface area contributed by atoms with Crippen LogP contribution in [0.1, 0.15) is 34.3 Å². The Hall–Kier alpha value is -4.69. The Kier molecular flexibility index (Phi) is 9.69. The van der Waals surface area contributed by atoms with Gasteiger partial charge in [-0.2, -0.15) is 0 Å². The monoisotopic (exact) mass is 594 g/mol. The highest BCUT2D eigenvalue weighted by Crippen LogP contribution is 2.34. The van der Waals surface area contributed by atoms with Crippen molar-refractivity contribution in [2.45, 2.75) is 32.7 Å². The van der Waals surface area contributed by atoms with Gasteiger partial charge in [0.15, 0.2) is 5.78 Å². The number of benzene rings is 3. The fourth-order valence-electron chi connectivity index (χ4n) is 4.83. The lowest BCUT2D eigenvalue weighted by atomic mass is 10.0. The Morgan fingerprint density at radius 2 is 1.77 bits per heavy atom. The number of fused-ring (bicyclic) bond motifs is 1. The quantitative estimate of drug-likeness (QED) is 0.0804. The molecule has 0 saturated heterocycles. The molecule has 2 aromatic heterocycles. The van der Waals surface area contributed by atoms with Gasteiger partial charge >= 0.3 is 5.97 Å². The van der Waals surface area contributed by atoms with E-state index in [1.165, 1.54) is 6.08 Å². The number of esters is 1. The third kappa shape index (κ3) is 7.21. The average Bonchev–Trinajstić information content (AvgIpc) is 3.67. The number of ether oxygens (including phenoxy) is 2. The third-order valence-electron chi connectivity index (χ3n) is 7.15. The Bertz CT molecular complexity index is 1710. The second-order valence-corrected chi connectivity index (χ2v) is 11.0. The maximum absolute atomic E-state index is 13.0. The van der Waals surface area contributed by atoms with Crippen molar-refractivity contribution >= 4 is 33.2 Å². The molecule has 8 heteroatoms. The van der Waals surface area contributed by atoms with Crippen LogP contribution in [-0.2, 0) is 22.4 Å². The van der Waals surface area contributed by atoms with Gasteiger partial charge in [-0.25, -0.2) is 9.78 Å². The number of aromatic nitrogens is 1. The largest absolute Gasteiger partial charge is 0.493 e. The van der Waals surface area contributed by atoms with Crippen molar-refractivity contribution in [2.75, 3.05) is 20.3 Å². The molecule has 0 bridgehead atoms. The fourth-order valence-corrected chi connectivity index (χ4v) is 5.77. The zero-order valence-electron chi connectivity index (χ0n) is 24.5. The lowest BCUT2D eigenvalue weighted by Crippen LogP contribution is -2.38. The molecule has 0 saturated carbocycles. The molecule has 7 nitrogen and oxygen atoms in total. The molecule has 0 amide bonds. The number of thiophene rings is 1. The van der Waals surface area contributed by atoms with Gasteiger partial charge in [0.25, 0.3) is 0 Å². The summed E-state index contributed by atoms with van der Waals surface area (Å²) in [6, 6.07) is 24.3. The van der Waals surface area contributed by atoms with Crippen molar-refractivity contribution in [3.05, 3.63) is 119 Å². The molecular weight excluding hydrogens is 560 g/mol. The lowest BCUT2D eigenvalue weighted by molar-refractivity contribution is -0.148. The lowest BCUT2D eigenvalue weighted by Gasteiger charge is -2.25. The van der Waals surface area contributed by atoms with Gasteiger partial charge in [-0.3, -0.25) is 4.79 Å². The molecule has 0 N–H and O–H groups in total. The molecule has 0 aliphatic carbocycles. The molecular formula is C35H34N2O5S. The summed E-state index contributed by atoms with van der Waals surface area (Å²) < 4.78 is 18.6. The first-order valence-corrected chi connectivity index (χ1v) is 15.1. The Labute approximate surface area is 255 Å². The number of hydrogen-bond acceptors (Lipinski definition) is 8. The highest BCUT2D eigenvalue weighted by Gasteiger charge is 2.25. The molecule has 0 radical (unpaired) electrons. The molecule has 220 valence electrons. The zero-order chi connectivity index (χ0) is 30.2. The van der Waals surface area contributed by atoms with E-state index in [9.17, 15) is 9.59 Å². The minimum atomic E-state index is -0.606. The second-order valence-electron chi connectivity index (χ2n) is 10.1. The smallest absolute Gasteiger partial charge is 0.329 e. The summed E-state index contributed by atoms with van der Waals surface area (Å²) >= 11 is 1.61. The van der Waals surface area contributed by atoms with Crippen LogP contribution in [0.15, 0.2) is 101 Å². The molecule has 0 fully saturated rings. The molecule has 1 unspecified atom stereocenters. The first-order chi connectivity index (χ1) is 20.9. The minimum absolute atomic E-state index is 0.130. The maximum atomic E-state index is 13.0.